The zero-order valence-corrected chi connectivity index (χ0v) is 14.1. The summed E-state index contributed by atoms with van der Waals surface area (Å²) in [5.41, 5.74) is 8.24. The second-order valence-corrected chi connectivity index (χ2v) is 5.94. The summed E-state index contributed by atoms with van der Waals surface area (Å²) in [4.78, 5) is 21.0. The van der Waals surface area contributed by atoms with Gasteiger partial charge in [-0.2, -0.15) is 0 Å². The summed E-state index contributed by atoms with van der Waals surface area (Å²) in [6.45, 7) is 1.06. The number of aliphatic hydroxyl groups is 1. The molecule has 1 aliphatic heterocycles. The van der Waals surface area contributed by atoms with Gasteiger partial charge in [-0.25, -0.2) is 4.98 Å². The number of nitrogens with one attached hydrogen (secondary N) is 2. The number of pyridine rings is 1. The van der Waals surface area contributed by atoms with Crippen molar-refractivity contribution in [3.8, 4) is 0 Å². The van der Waals surface area contributed by atoms with Gasteiger partial charge in [-0.1, -0.05) is 0 Å². The van der Waals surface area contributed by atoms with Gasteiger partial charge in [-0.05, 0) is 22.4 Å². The summed E-state index contributed by atoms with van der Waals surface area (Å²) in [5.74, 6) is -0.458. The molecule has 1 unspecified atom stereocenters. The first kappa shape index (κ1) is 17.0. The van der Waals surface area contributed by atoms with Crippen LogP contribution in [-0.2, 0) is 4.79 Å². The monoisotopic (exact) mass is 389 g/mol. The third kappa shape index (κ3) is 3.05. The van der Waals surface area contributed by atoms with E-state index in [4.69, 9.17) is 10.8 Å². The molecule has 0 bridgehead atoms. The van der Waals surface area contributed by atoms with Crippen LogP contribution in [0.15, 0.2) is 16.9 Å². The quantitative estimate of drug-likeness (QED) is 0.630. The van der Waals surface area contributed by atoms with Crippen LogP contribution in [0.25, 0.3) is 11.0 Å². The van der Waals surface area contributed by atoms with Gasteiger partial charge in [0.05, 0.1) is 21.2 Å². The molecule has 1 saturated heterocycles. The average Bonchev–Trinajstić information content (AvgIpc) is 3.06. The molecule has 9 heteroatoms. The number of rotatable bonds is 3. The summed E-state index contributed by atoms with van der Waals surface area (Å²) < 4.78 is 0.850. The minimum absolute atomic E-state index is 0. The van der Waals surface area contributed by atoms with Crippen molar-refractivity contribution in [3.63, 3.8) is 0 Å². The maximum absolute atomic E-state index is 11.5. The van der Waals surface area contributed by atoms with Gasteiger partial charge in [0, 0.05) is 31.5 Å². The molecule has 3 heterocycles. The van der Waals surface area contributed by atoms with Crippen molar-refractivity contribution >= 4 is 56.7 Å². The fourth-order valence-corrected chi connectivity index (χ4v) is 3.20. The van der Waals surface area contributed by atoms with Crippen LogP contribution in [-0.4, -0.2) is 46.7 Å². The van der Waals surface area contributed by atoms with Crippen LogP contribution in [0.3, 0.4) is 0 Å². The summed E-state index contributed by atoms with van der Waals surface area (Å²) in [5, 5.41) is 12.4. The molecular formula is C13H17BrClN5O2. The lowest BCUT2D eigenvalue weighted by atomic mass is 10.2. The van der Waals surface area contributed by atoms with Gasteiger partial charge in [0.2, 0.25) is 5.91 Å². The average molecular weight is 391 g/mol. The van der Waals surface area contributed by atoms with Gasteiger partial charge in [0.1, 0.15) is 12.3 Å². The lowest BCUT2D eigenvalue weighted by Crippen LogP contribution is -2.26. The van der Waals surface area contributed by atoms with E-state index in [1.165, 1.54) is 0 Å². The molecule has 0 saturated carbocycles. The van der Waals surface area contributed by atoms with Crippen molar-refractivity contribution in [1.29, 1.82) is 0 Å². The highest BCUT2D eigenvalue weighted by Gasteiger charge is 2.25. The van der Waals surface area contributed by atoms with Crippen molar-refractivity contribution < 1.29 is 9.90 Å². The SMILES string of the molecule is Cl.NC1CCN(c2c(Br)cnc3[nH]cc(NC(=O)CO)c23)C1. The Labute approximate surface area is 141 Å². The standard InChI is InChI=1S/C13H16BrN5O2.ClH/c14-8-3-16-13-11(9(4-17-13)18-10(21)6-20)12(8)19-2-1-7(15)5-19;/h3-4,7,20H,1-2,5-6,15H2,(H,16,17)(H,18,21);1H. The van der Waals surface area contributed by atoms with E-state index in [0.717, 1.165) is 35.1 Å². The van der Waals surface area contributed by atoms with E-state index in [-0.39, 0.29) is 18.4 Å². The van der Waals surface area contributed by atoms with Crippen molar-refractivity contribution in [2.45, 2.75) is 12.5 Å². The molecular weight excluding hydrogens is 374 g/mol. The number of aromatic amines is 1. The van der Waals surface area contributed by atoms with Gasteiger partial charge in [-0.3, -0.25) is 4.79 Å². The van der Waals surface area contributed by atoms with Gasteiger partial charge in [-0.15, -0.1) is 12.4 Å². The van der Waals surface area contributed by atoms with Crippen molar-refractivity contribution in [3.05, 3.63) is 16.9 Å². The first-order valence-electron chi connectivity index (χ1n) is 6.67. The zero-order chi connectivity index (χ0) is 15.0. The lowest BCUT2D eigenvalue weighted by Gasteiger charge is -2.21. The Bertz CT molecular complexity index is 692. The third-order valence-corrected chi connectivity index (χ3v) is 4.17. The summed E-state index contributed by atoms with van der Waals surface area (Å²) in [6, 6.07) is 0.148. The van der Waals surface area contributed by atoms with Crippen LogP contribution in [0.2, 0.25) is 0 Å². The van der Waals surface area contributed by atoms with E-state index in [0.29, 0.717) is 11.3 Å². The second kappa shape index (κ2) is 6.82. The number of nitrogens with zero attached hydrogens (tertiary/aromatic N) is 2. The van der Waals surface area contributed by atoms with Crippen LogP contribution in [0.5, 0.6) is 0 Å². The Hall–Kier alpha value is -1.35. The largest absolute Gasteiger partial charge is 0.387 e. The van der Waals surface area contributed by atoms with Gasteiger partial charge in [0.15, 0.2) is 0 Å². The van der Waals surface area contributed by atoms with Crippen LogP contribution in [0.4, 0.5) is 11.4 Å². The molecule has 5 N–H and O–H groups in total. The molecule has 22 heavy (non-hydrogen) atoms. The molecule has 120 valence electrons. The van der Waals surface area contributed by atoms with Crippen LogP contribution < -0.4 is 16.0 Å². The number of carbonyl (C=O) groups excluding carboxylic acids is 1. The van der Waals surface area contributed by atoms with Crippen LogP contribution >= 0.6 is 28.3 Å². The van der Waals surface area contributed by atoms with Gasteiger partial charge >= 0.3 is 0 Å². The number of hydrogen-bond donors (Lipinski definition) is 4. The molecule has 0 radical (unpaired) electrons. The Balaban J connectivity index is 0.00000176. The van der Waals surface area contributed by atoms with E-state index in [9.17, 15) is 4.79 Å². The molecule has 1 amide bonds. The number of nitrogens with two attached hydrogens (primary N) is 1. The normalized spacial score (nSPS) is 17.6. The molecule has 2 aromatic heterocycles. The molecule has 0 aliphatic carbocycles. The Morgan fingerprint density at radius 2 is 2.41 bits per heavy atom. The molecule has 0 aromatic carbocycles. The molecule has 2 aromatic rings. The number of aromatic nitrogens is 2. The van der Waals surface area contributed by atoms with E-state index in [1.54, 1.807) is 12.4 Å². The van der Waals surface area contributed by atoms with Crippen LogP contribution in [0.1, 0.15) is 6.42 Å². The fourth-order valence-electron chi connectivity index (χ4n) is 2.64. The smallest absolute Gasteiger partial charge is 0.250 e. The highest BCUT2D eigenvalue weighted by molar-refractivity contribution is 9.10. The predicted octanol–water partition coefficient (Wildman–Crippen LogP) is 1.22. The number of anilines is 2. The van der Waals surface area contributed by atoms with Crippen LogP contribution in [0, 0.1) is 0 Å². The number of aliphatic hydroxyl groups excluding tert-OH is 1. The summed E-state index contributed by atoms with van der Waals surface area (Å²) in [7, 11) is 0. The molecule has 1 atom stereocenters. The molecule has 0 spiro atoms. The highest BCUT2D eigenvalue weighted by atomic mass is 79.9. The molecule has 1 aliphatic rings. The molecule has 1 fully saturated rings. The molecule has 7 nitrogen and oxygen atoms in total. The van der Waals surface area contributed by atoms with E-state index in [2.05, 4.69) is 36.1 Å². The summed E-state index contributed by atoms with van der Waals surface area (Å²) in [6.07, 6.45) is 4.34. The number of H-pyrrole nitrogens is 1. The van der Waals surface area contributed by atoms with E-state index >= 15 is 0 Å². The summed E-state index contributed by atoms with van der Waals surface area (Å²) >= 11 is 3.53. The van der Waals surface area contributed by atoms with E-state index in [1.807, 2.05) is 0 Å². The Morgan fingerprint density at radius 3 is 3.05 bits per heavy atom. The Morgan fingerprint density at radius 1 is 1.64 bits per heavy atom. The van der Waals surface area contributed by atoms with E-state index < -0.39 is 12.5 Å². The fraction of sp³-hybridized carbons (Fsp3) is 0.385. The number of carbonyl (C=O) groups is 1. The maximum atomic E-state index is 11.5. The zero-order valence-electron chi connectivity index (χ0n) is 11.7. The van der Waals surface area contributed by atoms with Crippen molar-refractivity contribution in [2.24, 2.45) is 5.73 Å². The highest BCUT2D eigenvalue weighted by Crippen LogP contribution is 2.38. The third-order valence-electron chi connectivity index (χ3n) is 3.59. The van der Waals surface area contributed by atoms with Gasteiger partial charge < -0.3 is 26.0 Å². The lowest BCUT2D eigenvalue weighted by molar-refractivity contribution is -0.118. The molecule has 3 rings (SSSR count). The maximum Gasteiger partial charge on any atom is 0.250 e. The van der Waals surface area contributed by atoms with Crippen molar-refractivity contribution in [2.75, 3.05) is 29.9 Å². The topological polar surface area (TPSA) is 107 Å². The van der Waals surface area contributed by atoms with Gasteiger partial charge in [0.25, 0.3) is 0 Å². The van der Waals surface area contributed by atoms with Crippen molar-refractivity contribution in [1.82, 2.24) is 9.97 Å². The first-order valence-corrected chi connectivity index (χ1v) is 7.46. The number of fused-ring (bicyclic) bond motifs is 1. The number of halogens is 2. The minimum Gasteiger partial charge on any atom is -0.387 e. The Kier molecular flexibility index (Phi) is 5.28. The first-order chi connectivity index (χ1) is 10.1. The predicted molar refractivity (Wildman–Crippen MR) is 91.6 cm³/mol. The second-order valence-electron chi connectivity index (χ2n) is 5.08. The number of amides is 1. The minimum atomic E-state index is -0.558. The number of hydrogen-bond acceptors (Lipinski definition) is 5.